The van der Waals surface area contributed by atoms with Gasteiger partial charge in [0.05, 0.1) is 10.6 Å². The Balaban J connectivity index is 2.30. The number of hydrogen-bond acceptors (Lipinski definition) is 4. The van der Waals surface area contributed by atoms with Crippen molar-refractivity contribution in [3.8, 4) is 5.75 Å². The van der Waals surface area contributed by atoms with E-state index in [1.807, 2.05) is 7.05 Å². The molecule has 0 spiro atoms. The highest BCUT2D eigenvalue weighted by molar-refractivity contribution is 7.92. The summed E-state index contributed by atoms with van der Waals surface area (Å²) in [6.07, 6.45) is 0. The zero-order valence-corrected chi connectivity index (χ0v) is 12.8. The van der Waals surface area contributed by atoms with Crippen molar-refractivity contribution in [2.24, 2.45) is 0 Å². The fraction of sp³-hybridized carbons (Fsp3) is 0.200. The van der Waals surface area contributed by atoms with Crippen LogP contribution in [0.3, 0.4) is 0 Å². The Bertz CT molecular complexity index is 695. The number of sulfonamides is 1. The maximum Gasteiger partial charge on any atom is 0.264 e. The Labute approximate surface area is 124 Å². The van der Waals surface area contributed by atoms with Crippen LogP contribution >= 0.6 is 0 Å². The second kappa shape index (κ2) is 6.15. The van der Waals surface area contributed by atoms with Crippen LogP contribution < -0.4 is 9.62 Å². The van der Waals surface area contributed by atoms with Gasteiger partial charge in [0.15, 0.2) is 0 Å². The van der Waals surface area contributed by atoms with Gasteiger partial charge in [0, 0.05) is 13.6 Å². The van der Waals surface area contributed by atoms with Gasteiger partial charge in [-0.05, 0) is 49.0 Å². The van der Waals surface area contributed by atoms with Gasteiger partial charge in [0.2, 0.25) is 0 Å². The molecule has 0 radical (unpaired) electrons. The molecule has 2 aromatic carbocycles. The van der Waals surface area contributed by atoms with Gasteiger partial charge in [-0.25, -0.2) is 8.42 Å². The van der Waals surface area contributed by atoms with E-state index in [4.69, 9.17) is 0 Å². The highest BCUT2D eigenvalue weighted by atomic mass is 32.2. The van der Waals surface area contributed by atoms with Gasteiger partial charge in [0.1, 0.15) is 5.75 Å². The van der Waals surface area contributed by atoms with E-state index in [2.05, 4.69) is 5.32 Å². The molecule has 0 bridgehead atoms. The van der Waals surface area contributed by atoms with E-state index >= 15 is 0 Å². The zero-order valence-electron chi connectivity index (χ0n) is 11.9. The van der Waals surface area contributed by atoms with Crippen LogP contribution in [-0.2, 0) is 16.6 Å². The number of anilines is 1. The summed E-state index contributed by atoms with van der Waals surface area (Å²) in [5.74, 6) is 0.0981. The highest BCUT2D eigenvalue weighted by Gasteiger charge is 2.21. The Morgan fingerprint density at radius 1 is 1.05 bits per heavy atom. The SMILES string of the molecule is CNCc1ccc(S(=O)(=O)N(C)c2ccc(O)cc2)cc1. The Morgan fingerprint density at radius 3 is 2.14 bits per heavy atom. The highest BCUT2D eigenvalue weighted by Crippen LogP contribution is 2.24. The van der Waals surface area contributed by atoms with Gasteiger partial charge in [-0.2, -0.15) is 0 Å². The number of nitrogens with one attached hydrogen (secondary N) is 1. The lowest BCUT2D eigenvalue weighted by Gasteiger charge is -2.19. The van der Waals surface area contributed by atoms with Crippen molar-refractivity contribution in [1.29, 1.82) is 0 Å². The van der Waals surface area contributed by atoms with E-state index in [1.165, 1.54) is 23.5 Å². The lowest BCUT2D eigenvalue weighted by Crippen LogP contribution is -2.26. The molecule has 2 N–H and O–H groups in total. The molecule has 6 heteroatoms. The van der Waals surface area contributed by atoms with Crippen LogP contribution in [0, 0.1) is 0 Å². The van der Waals surface area contributed by atoms with Crippen LogP contribution in [0.15, 0.2) is 53.4 Å². The predicted octanol–water partition coefficient (Wildman–Crippen LogP) is 1.94. The van der Waals surface area contributed by atoms with Crippen molar-refractivity contribution >= 4 is 15.7 Å². The van der Waals surface area contributed by atoms with E-state index in [0.717, 1.165) is 5.56 Å². The molecule has 0 saturated heterocycles. The van der Waals surface area contributed by atoms with Crippen LogP contribution in [0.1, 0.15) is 5.56 Å². The monoisotopic (exact) mass is 306 g/mol. The second-order valence-corrected chi connectivity index (χ2v) is 6.63. The maximum atomic E-state index is 12.5. The first-order chi connectivity index (χ1) is 9.95. The average molecular weight is 306 g/mol. The van der Waals surface area contributed by atoms with E-state index in [-0.39, 0.29) is 10.6 Å². The molecule has 2 rings (SSSR count). The molecule has 0 unspecified atom stereocenters. The molecule has 21 heavy (non-hydrogen) atoms. The minimum Gasteiger partial charge on any atom is -0.508 e. The third kappa shape index (κ3) is 3.34. The van der Waals surface area contributed by atoms with Gasteiger partial charge in [0.25, 0.3) is 10.0 Å². The summed E-state index contributed by atoms with van der Waals surface area (Å²) in [4.78, 5) is 0.234. The molecule has 0 fully saturated rings. The van der Waals surface area contributed by atoms with E-state index in [1.54, 1.807) is 36.4 Å². The third-order valence-electron chi connectivity index (χ3n) is 3.18. The van der Waals surface area contributed by atoms with Crippen LogP contribution in [0.25, 0.3) is 0 Å². The number of phenols is 1. The van der Waals surface area contributed by atoms with Gasteiger partial charge in [-0.3, -0.25) is 4.31 Å². The van der Waals surface area contributed by atoms with Crippen molar-refractivity contribution in [1.82, 2.24) is 5.32 Å². The van der Waals surface area contributed by atoms with Gasteiger partial charge in [-0.15, -0.1) is 0 Å². The average Bonchev–Trinajstić information content (AvgIpc) is 2.48. The van der Waals surface area contributed by atoms with Crippen LogP contribution in [0.2, 0.25) is 0 Å². The van der Waals surface area contributed by atoms with Crippen molar-refractivity contribution in [3.63, 3.8) is 0 Å². The molecule has 112 valence electrons. The Hall–Kier alpha value is -2.05. The molecule has 0 aliphatic rings. The molecule has 0 saturated carbocycles. The largest absolute Gasteiger partial charge is 0.508 e. The smallest absolute Gasteiger partial charge is 0.264 e. The number of hydrogen-bond donors (Lipinski definition) is 2. The van der Waals surface area contributed by atoms with Crippen molar-refractivity contribution in [2.45, 2.75) is 11.4 Å². The van der Waals surface area contributed by atoms with Gasteiger partial charge in [-0.1, -0.05) is 12.1 Å². The first kappa shape index (κ1) is 15.3. The third-order valence-corrected chi connectivity index (χ3v) is 4.98. The van der Waals surface area contributed by atoms with Crippen LogP contribution in [0.5, 0.6) is 5.75 Å². The number of phenolic OH excluding ortho intramolecular Hbond substituents is 1. The van der Waals surface area contributed by atoms with Gasteiger partial charge >= 0.3 is 0 Å². The van der Waals surface area contributed by atoms with E-state index < -0.39 is 10.0 Å². The van der Waals surface area contributed by atoms with Crippen LogP contribution in [0.4, 0.5) is 5.69 Å². The number of aromatic hydroxyl groups is 1. The molecular weight excluding hydrogens is 288 g/mol. The lowest BCUT2D eigenvalue weighted by molar-refractivity contribution is 0.475. The van der Waals surface area contributed by atoms with Crippen molar-refractivity contribution in [3.05, 3.63) is 54.1 Å². The minimum atomic E-state index is -3.61. The second-order valence-electron chi connectivity index (χ2n) is 4.66. The summed E-state index contributed by atoms with van der Waals surface area (Å²) in [6, 6.07) is 12.8. The standard InChI is InChI=1S/C15H18N2O3S/c1-16-11-12-3-9-15(10-4-12)21(19,20)17(2)13-5-7-14(18)8-6-13/h3-10,16,18H,11H2,1-2H3. The summed E-state index contributed by atoms with van der Waals surface area (Å²) in [7, 11) is -0.279. The van der Waals surface area contributed by atoms with Crippen molar-refractivity contribution < 1.29 is 13.5 Å². The summed E-state index contributed by atoms with van der Waals surface area (Å²) >= 11 is 0. The predicted molar refractivity (Wildman–Crippen MR) is 82.9 cm³/mol. The summed E-state index contributed by atoms with van der Waals surface area (Å²) in [6.45, 7) is 0.689. The molecule has 0 atom stereocenters. The molecule has 0 aliphatic heterocycles. The van der Waals surface area contributed by atoms with E-state index in [9.17, 15) is 13.5 Å². The molecule has 0 aromatic heterocycles. The molecule has 2 aromatic rings. The number of rotatable bonds is 5. The molecular formula is C15H18N2O3S. The Morgan fingerprint density at radius 2 is 1.62 bits per heavy atom. The summed E-state index contributed by atoms with van der Waals surface area (Å²) < 4.78 is 26.3. The maximum absolute atomic E-state index is 12.5. The van der Waals surface area contributed by atoms with Gasteiger partial charge < -0.3 is 10.4 Å². The zero-order chi connectivity index (χ0) is 15.5. The molecule has 0 heterocycles. The first-order valence-corrected chi connectivity index (χ1v) is 7.90. The quantitative estimate of drug-likeness (QED) is 0.885. The molecule has 0 amide bonds. The molecule has 5 nitrogen and oxygen atoms in total. The lowest BCUT2D eigenvalue weighted by atomic mass is 10.2. The number of benzene rings is 2. The summed E-state index contributed by atoms with van der Waals surface area (Å²) in [5, 5.41) is 12.3. The molecule has 0 aliphatic carbocycles. The first-order valence-electron chi connectivity index (χ1n) is 6.46. The number of nitrogens with zero attached hydrogens (tertiary/aromatic N) is 1. The fourth-order valence-electron chi connectivity index (χ4n) is 1.94. The topological polar surface area (TPSA) is 69.6 Å². The minimum absolute atomic E-state index is 0.0981. The fourth-order valence-corrected chi connectivity index (χ4v) is 3.14. The summed E-state index contributed by atoms with van der Waals surface area (Å²) in [5.41, 5.74) is 1.51. The normalized spacial score (nSPS) is 11.3. The van der Waals surface area contributed by atoms with Crippen molar-refractivity contribution in [2.75, 3.05) is 18.4 Å². The van der Waals surface area contributed by atoms with E-state index in [0.29, 0.717) is 12.2 Å². The van der Waals surface area contributed by atoms with Crippen LogP contribution in [-0.4, -0.2) is 27.6 Å². The Kier molecular flexibility index (Phi) is 4.50.